The molecule has 0 spiro atoms. The Hall–Kier alpha value is -2.29. The maximum Gasteiger partial charge on any atom is 0.479 e. The number of halogens is 6. The number of hydrogen-bond acceptors (Lipinski definition) is 3. The van der Waals surface area contributed by atoms with Crippen LogP contribution in [-0.2, 0) is 6.18 Å². The van der Waals surface area contributed by atoms with Crippen LogP contribution in [0.15, 0.2) is 48.5 Å². The molecular formula is C19H14F6O2S. The Bertz CT molecular complexity index is 898. The quantitative estimate of drug-likeness (QED) is 0.399. The molecule has 1 aliphatic rings. The third-order valence-corrected chi connectivity index (χ3v) is 4.33. The minimum absolute atomic E-state index is 0.0504. The van der Waals surface area contributed by atoms with Crippen LogP contribution in [0.3, 0.4) is 0 Å². The summed E-state index contributed by atoms with van der Waals surface area (Å²) in [6.07, 6.45) is -2.69. The number of benzene rings is 2. The molecule has 0 bridgehead atoms. The summed E-state index contributed by atoms with van der Waals surface area (Å²) >= 11 is -0.638. The van der Waals surface area contributed by atoms with Gasteiger partial charge in [0, 0.05) is 11.6 Å². The van der Waals surface area contributed by atoms with E-state index in [1.165, 1.54) is 30.3 Å². The lowest BCUT2D eigenvalue weighted by molar-refractivity contribution is -0.137. The molecule has 0 unspecified atom stereocenters. The van der Waals surface area contributed by atoms with Crippen molar-refractivity contribution in [2.75, 3.05) is 0 Å². The van der Waals surface area contributed by atoms with Gasteiger partial charge in [-0.2, -0.15) is 26.3 Å². The van der Waals surface area contributed by atoms with Gasteiger partial charge in [0.25, 0.3) is 0 Å². The second-order valence-electron chi connectivity index (χ2n) is 6.61. The lowest BCUT2D eigenvalue weighted by Crippen LogP contribution is -2.29. The SMILES string of the molecule is CC1(C)C=C(c2ccc(C(F)(F)F)cc2)c2ccc(OSC(F)(F)F)cc2O1. The molecule has 0 atom stereocenters. The monoisotopic (exact) mass is 420 g/mol. The highest BCUT2D eigenvalue weighted by atomic mass is 32.2. The first-order valence-electron chi connectivity index (χ1n) is 8.00. The molecule has 3 rings (SSSR count). The predicted molar refractivity (Wildman–Crippen MR) is 93.9 cm³/mol. The fourth-order valence-electron chi connectivity index (χ4n) is 2.77. The van der Waals surface area contributed by atoms with Crippen LogP contribution in [0.5, 0.6) is 11.5 Å². The summed E-state index contributed by atoms with van der Waals surface area (Å²) in [6.45, 7) is 3.47. The van der Waals surface area contributed by atoms with Gasteiger partial charge in [-0.1, -0.05) is 12.1 Å². The number of fused-ring (bicyclic) bond motifs is 1. The van der Waals surface area contributed by atoms with E-state index in [4.69, 9.17) is 4.74 Å². The second kappa shape index (κ2) is 6.95. The number of ether oxygens (including phenoxy) is 1. The first kappa shape index (κ1) is 20.4. The van der Waals surface area contributed by atoms with Gasteiger partial charge in [0.15, 0.2) is 12.0 Å². The van der Waals surface area contributed by atoms with Crippen LogP contribution < -0.4 is 8.92 Å². The Balaban J connectivity index is 1.96. The van der Waals surface area contributed by atoms with Gasteiger partial charge in [-0.05, 0) is 55.3 Å². The summed E-state index contributed by atoms with van der Waals surface area (Å²) in [5.41, 5.74) is -4.44. The van der Waals surface area contributed by atoms with Crippen LogP contribution in [0.25, 0.3) is 5.57 Å². The molecule has 0 fully saturated rings. The van der Waals surface area contributed by atoms with Crippen molar-refractivity contribution in [1.82, 2.24) is 0 Å². The van der Waals surface area contributed by atoms with Crippen molar-refractivity contribution >= 4 is 17.6 Å². The van der Waals surface area contributed by atoms with E-state index in [1.807, 2.05) is 0 Å². The molecule has 2 nitrogen and oxygen atoms in total. The molecule has 2 aromatic rings. The van der Waals surface area contributed by atoms with E-state index in [2.05, 4.69) is 4.18 Å². The highest BCUT2D eigenvalue weighted by molar-refractivity contribution is 7.95. The molecular weight excluding hydrogens is 406 g/mol. The van der Waals surface area contributed by atoms with E-state index in [-0.39, 0.29) is 11.5 Å². The number of hydrogen-bond donors (Lipinski definition) is 0. The van der Waals surface area contributed by atoms with E-state index in [0.29, 0.717) is 16.7 Å². The molecule has 0 N–H and O–H groups in total. The van der Waals surface area contributed by atoms with E-state index >= 15 is 0 Å². The molecule has 1 aliphatic heterocycles. The summed E-state index contributed by atoms with van der Waals surface area (Å²) in [7, 11) is 0. The highest BCUT2D eigenvalue weighted by Crippen LogP contribution is 2.43. The fourth-order valence-corrected chi connectivity index (χ4v) is 3.07. The minimum Gasteiger partial charge on any atom is -0.483 e. The largest absolute Gasteiger partial charge is 0.483 e. The van der Waals surface area contributed by atoms with Crippen molar-refractivity contribution < 1.29 is 35.3 Å². The van der Waals surface area contributed by atoms with Crippen LogP contribution in [0, 0.1) is 0 Å². The minimum atomic E-state index is -4.55. The van der Waals surface area contributed by atoms with E-state index in [1.54, 1.807) is 19.9 Å². The Morgan fingerprint density at radius 3 is 2.14 bits per heavy atom. The van der Waals surface area contributed by atoms with Crippen molar-refractivity contribution in [1.29, 1.82) is 0 Å². The zero-order valence-corrected chi connectivity index (χ0v) is 15.4. The fraction of sp³-hybridized carbons (Fsp3) is 0.263. The summed E-state index contributed by atoms with van der Waals surface area (Å²) in [4.78, 5) is 0. The average Bonchev–Trinajstić information content (AvgIpc) is 2.57. The van der Waals surface area contributed by atoms with Crippen molar-refractivity contribution in [3.05, 3.63) is 65.2 Å². The van der Waals surface area contributed by atoms with Crippen molar-refractivity contribution in [2.24, 2.45) is 0 Å². The lowest BCUT2D eigenvalue weighted by atomic mass is 9.89. The van der Waals surface area contributed by atoms with Crippen LogP contribution in [-0.4, -0.2) is 11.1 Å². The molecule has 0 aromatic heterocycles. The van der Waals surface area contributed by atoms with Crippen LogP contribution in [0.1, 0.15) is 30.5 Å². The van der Waals surface area contributed by atoms with Gasteiger partial charge >= 0.3 is 11.7 Å². The third-order valence-electron chi connectivity index (χ3n) is 3.86. The first-order valence-corrected chi connectivity index (χ1v) is 8.75. The summed E-state index contributed by atoms with van der Waals surface area (Å²) in [5.74, 6) is 0.230. The van der Waals surface area contributed by atoms with Crippen molar-refractivity contribution in [2.45, 2.75) is 31.1 Å². The normalized spacial score (nSPS) is 16.1. The molecule has 2 aromatic carbocycles. The maximum atomic E-state index is 12.8. The molecule has 1 heterocycles. The van der Waals surface area contributed by atoms with Gasteiger partial charge in [0.2, 0.25) is 0 Å². The van der Waals surface area contributed by atoms with Crippen LogP contribution in [0.4, 0.5) is 26.3 Å². The Kier molecular flexibility index (Phi) is 5.07. The van der Waals surface area contributed by atoms with Gasteiger partial charge in [-0.15, -0.1) is 0 Å². The van der Waals surface area contributed by atoms with E-state index < -0.39 is 34.9 Å². The molecule has 9 heteroatoms. The molecule has 28 heavy (non-hydrogen) atoms. The van der Waals surface area contributed by atoms with Gasteiger partial charge in [-0.3, -0.25) is 0 Å². The third kappa shape index (κ3) is 4.76. The number of alkyl halides is 6. The van der Waals surface area contributed by atoms with Gasteiger partial charge in [0.1, 0.15) is 17.1 Å². The highest BCUT2D eigenvalue weighted by Gasteiger charge is 2.33. The molecule has 0 amide bonds. The summed E-state index contributed by atoms with van der Waals surface area (Å²) in [6, 6.07) is 8.85. The first-order chi connectivity index (χ1) is 12.8. The molecule has 0 aliphatic carbocycles. The Morgan fingerprint density at radius 2 is 1.57 bits per heavy atom. The predicted octanol–water partition coefficient (Wildman–Crippen LogP) is 6.85. The van der Waals surface area contributed by atoms with Crippen molar-refractivity contribution in [3.8, 4) is 11.5 Å². The number of rotatable bonds is 3. The van der Waals surface area contributed by atoms with Gasteiger partial charge in [0.05, 0.1) is 5.56 Å². The molecule has 0 saturated carbocycles. The standard InChI is InChI=1S/C19H14F6O2S/c1-17(2)10-15(11-3-5-12(6-4-11)18(20,21)22)14-8-7-13(9-16(14)26-17)27-28-19(23,24)25/h3-10H,1-2H3. The van der Waals surface area contributed by atoms with Gasteiger partial charge < -0.3 is 8.92 Å². The zero-order valence-electron chi connectivity index (χ0n) is 14.6. The smallest absolute Gasteiger partial charge is 0.479 e. The summed E-state index contributed by atoms with van der Waals surface area (Å²) in [5, 5.41) is 0. The van der Waals surface area contributed by atoms with Crippen molar-refractivity contribution in [3.63, 3.8) is 0 Å². The van der Waals surface area contributed by atoms with Crippen LogP contribution in [0.2, 0.25) is 0 Å². The lowest BCUT2D eigenvalue weighted by Gasteiger charge is -2.31. The summed E-state index contributed by atoms with van der Waals surface area (Å²) < 4.78 is 85.8. The van der Waals surface area contributed by atoms with Crippen LogP contribution >= 0.6 is 12.0 Å². The van der Waals surface area contributed by atoms with E-state index in [0.717, 1.165) is 12.1 Å². The van der Waals surface area contributed by atoms with Gasteiger partial charge in [-0.25, -0.2) is 0 Å². The Morgan fingerprint density at radius 1 is 0.929 bits per heavy atom. The average molecular weight is 420 g/mol. The topological polar surface area (TPSA) is 18.5 Å². The zero-order chi connectivity index (χ0) is 20.7. The molecule has 0 saturated heterocycles. The maximum absolute atomic E-state index is 12.8. The Labute approximate surface area is 161 Å². The molecule has 150 valence electrons. The molecule has 0 radical (unpaired) electrons. The second-order valence-corrected chi connectivity index (χ2v) is 7.41. The van der Waals surface area contributed by atoms with E-state index in [9.17, 15) is 26.3 Å².